The number of nitrogens with zero attached hydrogens (tertiary/aromatic N) is 2. The second-order valence-electron chi connectivity index (χ2n) is 9.41. The molecule has 2 aromatic heterocycles. The molecule has 0 aliphatic rings. The molecule has 0 fully saturated rings. The van der Waals surface area contributed by atoms with Crippen LogP contribution in [0.1, 0.15) is 0 Å². The molecule has 0 unspecified atom stereocenters. The lowest BCUT2D eigenvalue weighted by molar-refractivity contribution is 1.41. The van der Waals surface area contributed by atoms with Crippen molar-refractivity contribution in [3.8, 4) is 22.3 Å². The van der Waals surface area contributed by atoms with E-state index in [0.29, 0.717) is 0 Å². The van der Waals surface area contributed by atoms with Crippen molar-refractivity contribution < 1.29 is 0 Å². The average Bonchev–Trinajstić information content (AvgIpc) is 2.95. The van der Waals surface area contributed by atoms with Crippen molar-refractivity contribution >= 4 is 54.1 Å². The molecule has 0 saturated heterocycles. The maximum atomic E-state index is 4.74. The minimum atomic E-state index is 1.04. The third-order valence-corrected chi connectivity index (χ3v) is 7.51. The Labute approximate surface area is 207 Å². The summed E-state index contributed by atoms with van der Waals surface area (Å²) in [7, 11) is 0. The quantitative estimate of drug-likeness (QED) is 0.243. The van der Waals surface area contributed by atoms with E-state index in [4.69, 9.17) is 9.97 Å². The molecule has 0 saturated carbocycles. The van der Waals surface area contributed by atoms with Crippen molar-refractivity contribution in [1.29, 1.82) is 0 Å². The van der Waals surface area contributed by atoms with Gasteiger partial charge in [0.2, 0.25) is 0 Å². The largest absolute Gasteiger partial charge is 0.256 e. The van der Waals surface area contributed by atoms with Crippen LogP contribution < -0.4 is 0 Å². The molecule has 2 heteroatoms. The van der Waals surface area contributed by atoms with Crippen LogP contribution in [0.5, 0.6) is 0 Å². The second kappa shape index (κ2) is 7.34. The monoisotopic (exact) mass is 456 g/mol. The molecule has 0 aliphatic carbocycles. The third-order valence-electron chi connectivity index (χ3n) is 7.51. The first kappa shape index (κ1) is 19.5. The zero-order valence-corrected chi connectivity index (χ0v) is 19.4. The molecule has 0 bridgehead atoms. The van der Waals surface area contributed by atoms with Crippen molar-refractivity contribution in [2.24, 2.45) is 0 Å². The van der Waals surface area contributed by atoms with Gasteiger partial charge in [0.15, 0.2) is 0 Å². The maximum absolute atomic E-state index is 4.74. The Bertz CT molecular complexity index is 1940. The van der Waals surface area contributed by atoms with E-state index in [9.17, 15) is 0 Å². The van der Waals surface area contributed by atoms with Crippen LogP contribution in [0.2, 0.25) is 0 Å². The molecule has 2 nitrogen and oxygen atoms in total. The van der Waals surface area contributed by atoms with Crippen LogP contribution in [0.25, 0.3) is 76.4 Å². The van der Waals surface area contributed by atoms with Crippen molar-refractivity contribution in [3.05, 3.63) is 122 Å². The number of aromatic nitrogens is 2. The van der Waals surface area contributed by atoms with Gasteiger partial charge >= 0.3 is 0 Å². The molecule has 0 atom stereocenters. The normalized spacial score (nSPS) is 11.9. The summed E-state index contributed by atoms with van der Waals surface area (Å²) >= 11 is 0. The molecular weight excluding hydrogens is 436 g/mol. The standard InChI is InChI=1S/C34H20N2/c1-5-23-7-3-19-35-33(23)29(9-1)25-15-11-21-14-18-28-26(16-12-22-13-17-27(25)31(21)32(22)28)30-10-2-6-24-8-4-20-36-34(24)30/h1-20H. The Balaban J connectivity index is 1.49. The first-order valence-electron chi connectivity index (χ1n) is 12.3. The van der Waals surface area contributed by atoms with Gasteiger partial charge in [0.1, 0.15) is 0 Å². The zero-order valence-electron chi connectivity index (χ0n) is 19.4. The van der Waals surface area contributed by atoms with E-state index in [2.05, 4.69) is 97.1 Å². The summed E-state index contributed by atoms with van der Waals surface area (Å²) < 4.78 is 0. The van der Waals surface area contributed by atoms with Gasteiger partial charge in [-0.15, -0.1) is 0 Å². The first-order chi connectivity index (χ1) is 17.9. The highest BCUT2D eigenvalue weighted by Gasteiger charge is 2.17. The topological polar surface area (TPSA) is 25.8 Å². The van der Waals surface area contributed by atoms with E-state index < -0.39 is 0 Å². The van der Waals surface area contributed by atoms with Gasteiger partial charge in [-0.05, 0) is 55.6 Å². The van der Waals surface area contributed by atoms with E-state index in [0.717, 1.165) is 21.8 Å². The average molecular weight is 457 g/mol. The Hall–Kier alpha value is -4.82. The minimum absolute atomic E-state index is 1.04. The maximum Gasteiger partial charge on any atom is 0.0780 e. The fourth-order valence-electron chi connectivity index (χ4n) is 5.91. The Morgan fingerprint density at radius 2 is 0.778 bits per heavy atom. The van der Waals surface area contributed by atoms with Crippen LogP contribution in [0.3, 0.4) is 0 Å². The van der Waals surface area contributed by atoms with E-state index in [-0.39, 0.29) is 0 Å². The number of para-hydroxylation sites is 2. The molecule has 166 valence electrons. The fourth-order valence-corrected chi connectivity index (χ4v) is 5.91. The number of fused-ring (bicyclic) bond motifs is 2. The fraction of sp³-hybridized carbons (Fsp3) is 0. The summed E-state index contributed by atoms with van der Waals surface area (Å²) in [6, 6.07) is 39.2. The van der Waals surface area contributed by atoms with Gasteiger partial charge in [-0.2, -0.15) is 0 Å². The van der Waals surface area contributed by atoms with Gasteiger partial charge in [-0.3, -0.25) is 9.97 Å². The molecule has 0 radical (unpaired) electrons. The highest BCUT2D eigenvalue weighted by atomic mass is 14.7. The molecule has 0 amide bonds. The van der Waals surface area contributed by atoms with E-state index in [1.165, 1.54) is 54.6 Å². The Morgan fingerprint density at radius 3 is 1.28 bits per heavy atom. The van der Waals surface area contributed by atoms with Gasteiger partial charge < -0.3 is 0 Å². The van der Waals surface area contributed by atoms with Gasteiger partial charge in [0, 0.05) is 34.3 Å². The van der Waals surface area contributed by atoms with Crippen molar-refractivity contribution in [3.63, 3.8) is 0 Å². The van der Waals surface area contributed by atoms with Gasteiger partial charge in [-0.25, -0.2) is 0 Å². The lowest BCUT2D eigenvalue weighted by atomic mass is 9.86. The van der Waals surface area contributed by atoms with Gasteiger partial charge in [-0.1, -0.05) is 97.1 Å². The second-order valence-corrected chi connectivity index (χ2v) is 9.41. The lowest BCUT2D eigenvalue weighted by Crippen LogP contribution is -1.91. The van der Waals surface area contributed by atoms with Crippen LogP contribution in [0.4, 0.5) is 0 Å². The molecule has 0 spiro atoms. The highest BCUT2D eigenvalue weighted by molar-refractivity contribution is 6.28. The molecule has 36 heavy (non-hydrogen) atoms. The SMILES string of the molecule is c1cnc2c(-c3ccc4ccc5c(-c6cccc7cccnc67)ccc6ccc3c4c65)cccc2c1. The molecular formula is C34H20N2. The van der Waals surface area contributed by atoms with Crippen molar-refractivity contribution in [2.45, 2.75) is 0 Å². The van der Waals surface area contributed by atoms with Crippen molar-refractivity contribution in [2.75, 3.05) is 0 Å². The number of hydrogen-bond acceptors (Lipinski definition) is 2. The molecule has 8 rings (SSSR count). The summed E-state index contributed by atoms with van der Waals surface area (Å²) in [6.45, 7) is 0. The number of benzene rings is 6. The highest BCUT2D eigenvalue weighted by Crippen LogP contribution is 2.43. The molecule has 6 aromatic carbocycles. The third kappa shape index (κ3) is 2.67. The molecule has 2 heterocycles. The van der Waals surface area contributed by atoms with Crippen LogP contribution in [-0.2, 0) is 0 Å². The summed E-state index contributed by atoms with van der Waals surface area (Å²) in [4.78, 5) is 9.48. The molecule has 0 N–H and O–H groups in total. The van der Waals surface area contributed by atoms with Crippen LogP contribution >= 0.6 is 0 Å². The Kier molecular flexibility index (Phi) is 3.97. The van der Waals surface area contributed by atoms with Gasteiger partial charge in [0.05, 0.1) is 11.0 Å². The summed E-state index contributed by atoms with van der Waals surface area (Å²) in [5.74, 6) is 0. The number of hydrogen-bond donors (Lipinski definition) is 0. The van der Waals surface area contributed by atoms with Crippen LogP contribution in [0.15, 0.2) is 122 Å². The Morgan fingerprint density at radius 1 is 0.333 bits per heavy atom. The minimum Gasteiger partial charge on any atom is -0.256 e. The first-order valence-corrected chi connectivity index (χ1v) is 12.3. The lowest BCUT2D eigenvalue weighted by Gasteiger charge is -2.17. The predicted octanol–water partition coefficient (Wildman–Crippen LogP) is 9.01. The van der Waals surface area contributed by atoms with E-state index in [1.807, 2.05) is 24.5 Å². The summed E-state index contributed by atoms with van der Waals surface area (Å²) in [5, 5.41) is 9.98. The van der Waals surface area contributed by atoms with Gasteiger partial charge in [0.25, 0.3) is 0 Å². The summed E-state index contributed by atoms with van der Waals surface area (Å²) in [6.07, 6.45) is 3.76. The van der Waals surface area contributed by atoms with Crippen LogP contribution in [-0.4, -0.2) is 9.97 Å². The smallest absolute Gasteiger partial charge is 0.0780 e. The number of rotatable bonds is 2. The molecule has 0 aliphatic heterocycles. The van der Waals surface area contributed by atoms with E-state index >= 15 is 0 Å². The predicted molar refractivity (Wildman–Crippen MR) is 152 cm³/mol. The molecule has 8 aromatic rings. The summed E-state index contributed by atoms with van der Waals surface area (Å²) in [5.41, 5.74) is 6.86. The van der Waals surface area contributed by atoms with E-state index in [1.54, 1.807) is 0 Å². The van der Waals surface area contributed by atoms with Crippen molar-refractivity contribution in [1.82, 2.24) is 9.97 Å². The number of pyridine rings is 2. The van der Waals surface area contributed by atoms with Crippen LogP contribution in [0, 0.1) is 0 Å². The zero-order chi connectivity index (χ0) is 23.6.